The van der Waals surface area contributed by atoms with Crippen molar-refractivity contribution in [2.45, 2.75) is 62.6 Å². The van der Waals surface area contributed by atoms with Crippen LogP contribution >= 0.6 is 0 Å². The maximum atomic E-state index is 13.2. The first kappa shape index (κ1) is 18.9. The van der Waals surface area contributed by atoms with Crippen LogP contribution in [0.25, 0.3) is 0 Å². The molecule has 1 aliphatic carbocycles. The molecule has 1 aromatic rings. The minimum atomic E-state index is -0.0515. The molecule has 2 atom stereocenters. The zero-order valence-corrected chi connectivity index (χ0v) is 16.2. The zero-order valence-electron chi connectivity index (χ0n) is 16.2. The second-order valence-electron chi connectivity index (χ2n) is 8.21. The van der Waals surface area contributed by atoms with Gasteiger partial charge in [-0.3, -0.25) is 9.69 Å². The second kappa shape index (κ2) is 8.72. The van der Waals surface area contributed by atoms with Gasteiger partial charge in [0.15, 0.2) is 0 Å². The topological polar surface area (TPSA) is 50.8 Å². The molecule has 27 heavy (non-hydrogen) atoms. The van der Waals surface area contributed by atoms with E-state index in [1.807, 2.05) is 18.2 Å². The SMILES string of the molecule is O=C(CC1(N2CCOCC2)CCCC1)NC(c1ccccc1)C1CCCO1. The van der Waals surface area contributed by atoms with E-state index in [0.717, 1.165) is 64.2 Å². The Hall–Kier alpha value is -1.43. The van der Waals surface area contributed by atoms with Crippen molar-refractivity contribution in [1.82, 2.24) is 10.2 Å². The number of morpholine rings is 1. The number of carbonyl (C=O) groups is 1. The number of benzene rings is 1. The van der Waals surface area contributed by atoms with Crippen molar-refractivity contribution < 1.29 is 14.3 Å². The lowest BCUT2D eigenvalue weighted by atomic mass is 9.89. The summed E-state index contributed by atoms with van der Waals surface area (Å²) in [5, 5.41) is 3.34. The predicted octanol–water partition coefficient (Wildman–Crippen LogP) is 3.06. The lowest BCUT2D eigenvalue weighted by Gasteiger charge is -2.43. The molecule has 1 aromatic carbocycles. The van der Waals surface area contributed by atoms with Gasteiger partial charge in [-0.05, 0) is 31.2 Å². The molecule has 5 heteroatoms. The fourth-order valence-electron chi connectivity index (χ4n) is 5.12. The summed E-state index contributed by atoms with van der Waals surface area (Å²) >= 11 is 0. The molecule has 0 aromatic heterocycles. The Morgan fingerprint density at radius 2 is 1.85 bits per heavy atom. The van der Waals surface area contributed by atoms with E-state index in [1.165, 1.54) is 12.8 Å². The molecular formula is C22H32N2O3. The number of nitrogens with zero attached hydrogens (tertiary/aromatic N) is 1. The van der Waals surface area contributed by atoms with Gasteiger partial charge in [0.05, 0.1) is 25.4 Å². The summed E-state index contributed by atoms with van der Waals surface area (Å²) in [6.07, 6.45) is 7.43. The van der Waals surface area contributed by atoms with Gasteiger partial charge in [-0.25, -0.2) is 0 Å². The summed E-state index contributed by atoms with van der Waals surface area (Å²) in [6, 6.07) is 10.2. The molecule has 3 aliphatic rings. The number of carbonyl (C=O) groups excluding carboxylic acids is 1. The van der Waals surface area contributed by atoms with E-state index >= 15 is 0 Å². The lowest BCUT2D eigenvalue weighted by molar-refractivity contribution is -0.127. The van der Waals surface area contributed by atoms with Gasteiger partial charge in [0.25, 0.3) is 0 Å². The van der Waals surface area contributed by atoms with Crippen LogP contribution in [0.3, 0.4) is 0 Å². The van der Waals surface area contributed by atoms with Gasteiger partial charge < -0.3 is 14.8 Å². The first-order valence-electron chi connectivity index (χ1n) is 10.6. The molecule has 3 fully saturated rings. The largest absolute Gasteiger partial charge is 0.379 e. The van der Waals surface area contributed by atoms with Gasteiger partial charge in [-0.15, -0.1) is 0 Å². The highest BCUT2D eigenvalue weighted by atomic mass is 16.5. The Labute approximate surface area is 162 Å². The van der Waals surface area contributed by atoms with Gasteiger partial charge >= 0.3 is 0 Å². The van der Waals surface area contributed by atoms with Crippen LogP contribution in [0.5, 0.6) is 0 Å². The van der Waals surface area contributed by atoms with Gasteiger partial charge in [-0.1, -0.05) is 43.2 Å². The minimum absolute atomic E-state index is 0.0195. The van der Waals surface area contributed by atoms with Crippen molar-refractivity contribution in [2.24, 2.45) is 0 Å². The third-order valence-corrected chi connectivity index (χ3v) is 6.52. The standard InChI is InChI=1S/C22H32N2O3/c25-20(17-22(10-4-5-11-22)24-12-15-26-16-13-24)23-21(19-9-6-14-27-19)18-7-2-1-3-8-18/h1-3,7-8,19,21H,4-6,9-17H2,(H,23,25). The molecule has 1 saturated carbocycles. The number of hydrogen-bond acceptors (Lipinski definition) is 4. The van der Waals surface area contributed by atoms with Crippen LogP contribution in [0.15, 0.2) is 30.3 Å². The fraction of sp³-hybridized carbons (Fsp3) is 0.682. The molecule has 1 amide bonds. The molecule has 5 nitrogen and oxygen atoms in total. The summed E-state index contributed by atoms with van der Waals surface area (Å²) in [6.45, 7) is 4.25. The lowest BCUT2D eigenvalue weighted by Crippen LogP contribution is -2.54. The molecule has 0 bridgehead atoms. The first-order chi connectivity index (χ1) is 13.3. The number of rotatable bonds is 6. The van der Waals surface area contributed by atoms with Crippen molar-refractivity contribution in [3.63, 3.8) is 0 Å². The third-order valence-electron chi connectivity index (χ3n) is 6.52. The molecule has 2 aliphatic heterocycles. The number of nitrogens with one attached hydrogen (secondary N) is 1. The Bertz CT molecular complexity index is 603. The average Bonchev–Trinajstić information content (AvgIpc) is 3.40. The number of hydrogen-bond donors (Lipinski definition) is 1. The Balaban J connectivity index is 1.46. The van der Waals surface area contributed by atoms with Gasteiger partial charge in [0.1, 0.15) is 0 Å². The summed E-state index contributed by atoms with van der Waals surface area (Å²) in [4.78, 5) is 15.7. The van der Waals surface area contributed by atoms with Crippen molar-refractivity contribution in [3.8, 4) is 0 Å². The highest BCUT2D eigenvalue weighted by molar-refractivity contribution is 5.78. The van der Waals surface area contributed by atoms with Crippen LogP contribution in [-0.2, 0) is 14.3 Å². The monoisotopic (exact) mass is 372 g/mol. The van der Waals surface area contributed by atoms with Gasteiger partial charge in [0, 0.05) is 31.7 Å². The van der Waals surface area contributed by atoms with Gasteiger partial charge in [-0.2, -0.15) is 0 Å². The molecule has 2 heterocycles. The molecule has 0 radical (unpaired) electrons. The number of ether oxygens (including phenoxy) is 2. The molecule has 1 N–H and O–H groups in total. The van der Waals surface area contributed by atoms with Crippen LogP contribution in [0.4, 0.5) is 0 Å². The van der Waals surface area contributed by atoms with E-state index in [1.54, 1.807) is 0 Å². The fourth-order valence-corrected chi connectivity index (χ4v) is 5.12. The minimum Gasteiger partial charge on any atom is -0.379 e. The quantitative estimate of drug-likeness (QED) is 0.834. The smallest absolute Gasteiger partial charge is 0.222 e. The van der Waals surface area contributed by atoms with Crippen LogP contribution in [-0.4, -0.2) is 55.4 Å². The van der Waals surface area contributed by atoms with Crippen molar-refractivity contribution in [3.05, 3.63) is 35.9 Å². The average molecular weight is 373 g/mol. The van der Waals surface area contributed by atoms with E-state index < -0.39 is 0 Å². The maximum Gasteiger partial charge on any atom is 0.222 e. The molecule has 4 rings (SSSR count). The van der Waals surface area contributed by atoms with E-state index in [4.69, 9.17) is 9.47 Å². The molecular weight excluding hydrogens is 340 g/mol. The van der Waals surface area contributed by atoms with Crippen molar-refractivity contribution in [2.75, 3.05) is 32.9 Å². The van der Waals surface area contributed by atoms with E-state index in [2.05, 4.69) is 22.3 Å². The normalized spacial score (nSPS) is 26.7. The summed E-state index contributed by atoms with van der Waals surface area (Å²) in [7, 11) is 0. The second-order valence-corrected chi connectivity index (χ2v) is 8.21. The van der Waals surface area contributed by atoms with Crippen LogP contribution in [0, 0.1) is 0 Å². The zero-order chi connectivity index (χ0) is 18.5. The number of amides is 1. The summed E-state index contributed by atoms with van der Waals surface area (Å²) < 4.78 is 11.5. The highest BCUT2D eigenvalue weighted by Gasteiger charge is 2.42. The van der Waals surface area contributed by atoms with Crippen LogP contribution in [0.1, 0.15) is 56.6 Å². The van der Waals surface area contributed by atoms with E-state index in [9.17, 15) is 4.79 Å². The maximum absolute atomic E-state index is 13.2. The van der Waals surface area contributed by atoms with Gasteiger partial charge in [0.2, 0.25) is 5.91 Å². The van der Waals surface area contributed by atoms with Crippen LogP contribution < -0.4 is 5.32 Å². The Morgan fingerprint density at radius 1 is 1.11 bits per heavy atom. The molecule has 148 valence electrons. The summed E-state index contributed by atoms with van der Waals surface area (Å²) in [5.74, 6) is 0.160. The Morgan fingerprint density at radius 3 is 2.52 bits per heavy atom. The molecule has 0 spiro atoms. The van der Waals surface area contributed by atoms with E-state index in [-0.39, 0.29) is 23.6 Å². The molecule has 2 saturated heterocycles. The predicted molar refractivity (Wildman–Crippen MR) is 105 cm³/mol. The molecule has 2 unspecified atom stereocenters. The van der Waals surface area contributed by atoms with Crippen molar-refractivity contribution >= 4 is 5.91 Å². The first-order valence-corrected chi connectivity index (χ1v) is 10.6. The van der Waals surface area contributed by atoms with E-state index in [0.29, 0.717) is 6.42 Å². The summed E-state index contributed by atoms with van der Waals surface area (Å²) in [5.41, 5.74) is 1.16. The Kier molecular flexibility index (Phi) is 6.11. The van der Waals surface area contributed by atoms with Crippen LogP contribution in [0.2, 0.25) is 0 Å². The third kappa shape index (κ3) is 4.36. The van der Waals surface area contributed by atoms with Crippen molar-refractivity contribution in [1.29, 1.82) is 0 Å². The highest BCUT2D eigenvalue weighted by Crippen LogP contribution is 2.39.